The van der Waals surface area contributed by atoms with Gasteiger partial charge in [-0.25, -0.2) is 0 Å². The highest BCUT2D eigenvalue weighted by atomic mass is 79.9. The number of nitrogens with zero attached hydrogens (tertiary/aromatic N) is 2. The van der Waals surface area contributed by atoms with Crippen LogP contribution in [-0.4, -0.2) is 39.4 Å². The number of hydrogen-bond acceptors (Lipinski definition) is 6. The number of hydrazone groups is 1. The van der Waals surface area contributed by atoms with Crippen molar-refractivity contribution in [3.8, 4) is 11.5 Å². The molecule has 1 aromatic rings. The van der Waals surface area contributed by atoms with Crippen LogP contribution in [0.5, 0.6) is 11.5 Å². The van der Waals surface area contributed by atoms with Crippen molar-refractivity contribution in [2.45, 2.75) is 0 Å². The van der Waals surface area contributed by atoms with Crippen molar-refractivity contribution in [3.63, 3.8) is 0 Å². The van der Waals surface area contributed by atoms with Crippen LogP contribution in [0.4, 0.5) is 0 Å². The predicted molar refractivity (Wildman–Crippen MR) is 81.9 cm³/mol. The van der Waals surface area contributed by atoms with Crippen LogP contribution in [0.1, 0.15) is 5.56 Å². The Labute approximate surface area is 127 Å². The first-order valence-corrected chi connectivity index (χ1v) is 7.32. The van der Waals surface area contributed by atoms with E-state index in [9.17, 15) is 9.90 Å². The van der Waals surface area contributed by atoms with Gasteiger partial charge in [0.05, 0.1) is 19.1 Å². The van der Waals surface area contributed by atoms with E-state index in [0.29, 0.717) is 25.9 Å². The minimum absolute atomic E-state index is 0.0230. The van der Waals surface area contributed by atoms with Crippen LogP contribution in [0.3, 0.4) is 0 Å². The number of aromatic hydroxyl groups is 1. The van der Waals surface area contributed by atoms with E-state index in [-0.39, 0.29) is 11.7 Å². The Balaban J connectivity index is 2.28. The molecule has 19 heavy (non-hydrogen) atoms. The van der Waals surface area contributed by atoms with E-state index >= 15 is 0 Å². The Morgan fingerprint density at radius 1 is 1.63 bits per heavy atom. The van der Waals surface area contributed by atoms with Crippen molar-refractivity contribution in [1.82, 2.24) is 5.01 Å². The summed E-state index contributed by atoms with van der Waals surface area (Å²) in [5.41, 5.74) is 0.669. The SMILES string of the molecule is COc1cc(/C=N\N2C(=O)CSC2=S)c(Br)cc1O. The van der Waals surface area contributed by atoms with Gasteiger partial charge in [0, 0.05) is 10.0 Å². The molecule has 0 bridgehead atoms. The van der Waals surface area contributed by atoms with Gasteiger partial charge in [-0.2, -0.15) is 10.1 Å². The van der Waals surface area contributed by atoms with Crippen LogP contribution in [0, 0.1) is 0 Å². The summed E-state index contributed by atoms with van der Waals surface area (Å²) in [6.45, 7) is 0. The molecule has 0 aliphatic carbocycles. The number of rotatable bonds is 3. The fraction of sp³-hybridized carbons (Fsp3) is 0.182. The van der Waals surface area contributed by atoms with Gasteiger partial charge in [-0.05, 0) is 28.1 Å². The topological polar surface area (TPSA) is 62.1 Å². The molecule has 0 atom stereocenters. The first-order chi connectivity index (χ1) is 9.02. The van der Waals surface area contributed by atoms with E-state index in [1.807, 2.05) is 0 Å². The Morgan fingerprint density at radius 3 is 2.95 bits per heavy atom. The second kappa shape index (κ2) is 5.89. The molecule has 0 aromatic heterocycles. The number of carbonyl (C=O) groups excluding carboxylic acids is 1. The summed E-state index contributed by atoms with van der Waals surface area (Å²) in [6, 6.07) is 3.11. The smallest absolute Gasteiger partial charge is 0.259 e. The lowest BCUT2D eigenvalue weighted by Crippen LogP contribution is -2.22. The molecular formula is C11H9BrN2O3S2. The van der Waals surface area contributed by atoms with Crippen LogP contribution in [0.15, 0.2) is 21.7 Å². The summed E-state index contributed by atoms with van der Waals surface area (Å²) >= 11 is 9.60. The number of halogens is 1. The van der Waals surface area contributed by atoms with Gasteiger partial charge in [0.1, 0.15) is 0 Å². The lowest BCUT2D eigenvalue weighted by Gasteiger charge is -2.08. The lowest BCUT2D eigenvalue weighted by atomic mass is 10.2. The standard InChI is InChI=1S/C11H9BrN2O3S2/c1-17-9-2-6(7(12)3-8(9)15)4-13-14-10(16)5-19-11(14)18/h2-4,15H,5H2,1H3/b13-4-. The number of hydrogen-bond donors (Lipinski definition) is 1. The first kappa shape index (κ1) is 14.3. The minimum Gasteiger partial charge on any atom is -0.504 e. The van der Waals surface area contributed by atoms with E-state index in [1.165, 1.54) is 36.2 Å². The fourth-order valence-electron chi connectivity index (χ4n) is 1.40. The van der Waals surface area contributed by atoms with Crippen molar-refractivity contribution in [3.05, 3.63) is 22.2 Å². The maximum atomic E-state index is 11.5. The van der Waals surface area contributed by atoms with Crippen molar-refractivity contribution >= 4 is 56.4 Å². The number of phenols is 1. The maximum absolute atomic E-state index is 11.5. The Hall–Kier alpha value is -1.12. The number of ether oxygens (including phenoxy) is 1. The zero-order valence-corrected chi connectivity index (χ0v) is 13.0. The number of amides is 1. The molecule has 0 unspecified atom stereocenters. The van der Waals surface area contributed by atoms with Gasteiger partial charge in [-0.15, -0.1) is 0 Å². The molecule has 1 N–H and O–H groups in total. The largest absolute Gasteiger partial charge is 0.504 e. The molecule has 1 saturated heterocycles. The molecule has 5 nitrogen and oxygen atoms in total. The van der Waals surface area contributed by atoms with Gasteiger partial charge in [-0.3, -0.25) is 4.79 Å². The number of benzene rings is 1. The molecule has 0 radical (unpaired) electrons. The summed E-state index contributed by atoms with van der Waals surface area (Å²) in [5.74, 6) is 0.522. The van der Waals surface area contributed by atoms with Crippen molar-refractivity contribution in [2.75, 3.05) is 12.9 Å². The Morgan fingerprint density at radius 2 is 2.37 bits per heavy atom. The summed E-state index contributed by atoms with van der Waals surface area (Å²) in [6.07, 6.45) is 1.49. The molecule has 0 saturated carbocycles. The third kappa shape index (κ3) is 3.07. The fourth-order valence-corrected chi connectivity index (χ4v) is 2.80. The predicted octanol–water partition coefficient (Wildman–Crippen LogP) is 2.36. The molecule has 2 rings (SSSR count). The molecule has 0 spiro atoms. The van der Waals surface area contributed by atoms with Crippen molar-refractivity contribution < 1.29 is 14.6 Å². The highest BCUT2D eigenvalue weighted by Crippen LogP contribution is 2.31. The van der Waals surface area contributed by atoms with Gasteiger partial charge in [0.25, 0.3) is 5.91 Å². The van der Waals surface area contributed by atoms with E-state index in [1.54, 1.807) is 6.07 Å². The highest BCUT2D eigenvalue weighted by molar-refractivity contribution is 9.10. The maximum Gasteiger partial charge on any atom is 0.259 e. The van der Waals surface area contributed by atoms with Crippen molar-refractivity contribution in [1.29, 1.82) is 0 Å². The Bertz CT molecular complexity index is 561. The third-order valence-electron chi connectivity index (χ3n) is 2.34. The summed E-state index contributed by atoms with van der Waals surface area (Å²) in [4.78, 5) is 11.5. The molecule has 1 aromatic carbocycles. The van der Waals surface area contributed by atoms with Crippen LogP contribution in [-0.2, 0) is 4.79 Å². The first-order valence-electron chi connectivity index (χ1n) is 5.13. The van der Waals surface area contributed by atoms with E-state index in [0.717, 1.165) is 0 Å². The zero-order valence-electron chi connectivity index (χ0n) is 9.79. The molecule has 1 heterocycles. The summed E-state index contributed by atoms with van der Waals surface area (Å²) in [7, 11) is 1.46. The molecule has 1 aliphatic rings. The normalized spacial score (nSPS) is 15.6. The highest BCUT2D eigenvalue weighted by Gasteiger charge is 2.26. The second-order valence-corrected chi connectivity index (χ2v) is 6.01. The summed E-state index contributed by atoms with van der Waals surface area (Å²) in [5, 5.41) is 14.8. The van der Waals surface area contributed by atoms with E-state index < -0.39 is 0 Å². The van der Waals surface area contributed by atoms with Crippen LogP contribution < -0.4 is 4.74 Å². The van der Waals surface area contributed by atoms with Gasteiger partial charge in [0.2, 0.25) is 0 Å². The summed E-state index contributed by atoms with van der Waals surface area (Å²) < 4.78 is 6.08. The quantitative estimate of drug-likeness (QED) is 0.662. The number of carbonyl (C=O) groups is 1. The lowest BCUT2D eigenvalue weighted by molar-refractivity contribution is -0.123. The van der Waals surface area contributed by atoms with Crippen LogP contribution in [0.25, 0.3) is 0 Å². The third-order valence-corrected chi connectivity index (χ3v) is 4.36. The number of thioether (sulfide) groups is 1. The van der Waals surface area contributed by atoms with Crippen molar-refractivity contribution in [2.24, 2.45) is 5.10 Å². The number of methoxy groups -OCH3 is 1. The Kier molecular flexibility index (Phi) is 4.43. The average Bonchev–Trinajstić information content (AvgIpc) is 2.68. The molecule has 1 amide bonds. The van der Waals surface area contributed by atoms with E-state index in [4.69, 9.17) is 17.0 Å². The van der Waals surface area contributed by atoms with Gasteiger partial charge in [0.15, 0.2) is 15.8 Å². The minimum atomic E-state index is -0.145. The van der Waals surface area contributed by atoms with Gasteiger partial charge in [-0.1, -0.05) is 24.0 Å². The molecule has 100 valence electrons. The molecular weight excluding hydrogens is 352 g/mol. The average molecular weight is 361 g/mol. The molecule has 8 heteroatoms. The second-order valence-electron chi connectivity index (χ2n) is 3.55. The van der Waals surface area contributed by atoms with E-state index in [2.05, 4.69) is 21.0 Å². The number of thiocarbonyl (C=S) groups is 1. The molecule has 1 fully saturated rings. The number of phenolic OH excluding ortho intramolecular Hbond substituents is 1. The van der Waals surface area contributed by atoms with Crippen LogP contribution >= 0.6 is 39.9 Å². The monoisotopic (exact) mass is 360 g/mol. The zero-order chi connectivity index (χ0) is 14.0. The van der Waals surface area contributed by atoms with Crippen LogP contribution in [0.2, 0.25) is 0 Å². The van der Waals surface area contributed by atoms with Gasteiger partial charge < -0.3 is 9.84 Å². The molecule has 1 aliphatic heterocycles. The van der Waals surface area contributed by atoms with Gasteiger partial charge >= 0.3 is 0 Å².